The number of amides is 3. The van der Waals surface area contributed by atoms with Crippen LogP contribution in [0.25, 0.3) is 0 Å². The molecule has 0 aromatic heterocycles. The molecule has 1 atom stereocenters. The third kappa shape index (κ3) is 3.24. The highest BCUT2D eigenvalue weighted by Crippen LogP contribution is 2.44. The molecule has 1 heterocycles. The van der Waals surface area contributed by atoms with E-state index in [1.165, 1.54) is 40.4 Å². The summed E-state index contributed by atoms with van der Waals surface area (Å²) < 4.78 is 21.3. The number of benzene rings is 2. The van der Waals surface area contributed by atoms with Crippen molar-refractivity contribution in [2.75, 3.05) is 46.1 Å². The molecule has 1 unspecified atom stereocenters. The second-order valence-electron chi connectivity index (χ2n) is 6.34. The molecule has 9 nitrogen and oxygen atoms in total. The molecule has 0 saturated carbocycles. The van der Waals surface area contributed by atoms with E-state index >= 15 is 0 Å². The van der Waals surface area contributed by atoms with Crippen LogP contribution in [0.1, 0.15) is 11.6 Å². The molecule has 9 heteroatoms. The highest BCUT2D eigenvalue weighted by atomic mass is 16.5. The average molecular weight is 401 g/mol. The second kappa shape index (κ2) is 7.78. The molecule has 0 spiro atoms. The average Bonchev–Trinajstić information content (AvgIpc) is 2.96. The lowest BCUT2D eigenvalue weighted by Gasteiger charge is -2.24. The highest BCUT2D eigenvalue weighted by molar-refractivity contribution is 6.14. The van der Waals surface area contributed by atoms with Gasteiger partial charge < -0.3 is 24.7 Å². The number of carbonyl (C=O) groups is 2. The summed E-state index contributed by atoms with van der Waals surface area (Å²) in [6, 6.07) is 6.81. The van der Waals surface area contributed by atoms with E-state index in [1.807, 2.05) is 0 Å². The topological polar surface area (TPSA) is 104 Å². The van der Waals surface area contributed by atoms with Crippen LogP contribution in [0.2, 0.25) is 0 Å². The summed E-state index contributed by atoms with van der Waals surface area (Å²) in [4.78, 5) is 28.3. The van der Waals surface area contributed by atoms with Gasteiger partial charge in [0.05, 0.1) is 34.1 Å². The van der Waals surface area contributed by atoms with E-state index in [4.69, 9.17) is 24.7 Å². The number of nitrogen functional groups attached to an aromatic ring is 1. The molecule has 1 aliphatic heterocycles. The SMILES string of the molecule is COc1ccc(N2C(=O)N(C)C(=O)C2c2cc(OC)c(OC)c(OC)c2)cc1N. The predicted octanol–water partition coefficient (Wildman–Crippen LogP) is 2.44. The minimum atomic E-state index is -0.922. The summed E-state index contributed by atoms with van der Waals surface area (Å²) in [6.07, 6.45) is 0. The fourth-order valence-electron chi connectivity index (χ4n) is 3.34. The van der Waals surface area contributed by atoms with E-state index in [2.05, 4.69) is 0 Å². The number of hydrogen-bond acceptors (Lipinski definition) is 7. The van der Waals surface area contributed by atoms with E-state index in [0.29, 0.717) is 39.9 Å². The van der Waals surface area contributed by atoms with E-state index in [1.54, 1.807) is 30.3 Å². The fourth-order valence-corrected chi connectivity index (χ4v) is 3.34. The van der Waals surface area contributed by atoms with Crippen molar-refractivity contribution in [3.8, 4) is 23.0 Å². The van der Waals surface area contributed by atoms with E-state index in [-0.39, 0.29) is 0 Å². The van der Waals surface area contributed by atoms with Gasteiger partial charge in [-0.15, -0.1) is 0 Å². The Hall–Kier alpha value is -3.62. The van der Waals surface area contributed by atoms with Crippen LogP contribution in [0.3, 0.4) is 0 Å². The molecule has 3 rings (SSSR count). The molecule has 29 heavy (non-hydrogen) atoms. The van der Waals surface area contributed by atoms with Gasteiger partial charge in [0.15, 0.2) is 11.5 Å². The molecule has 1 aliphatic rings. The standard InChI is InChI=1S/C20H23N3O6/c1-22-19(24)17(11-8-15(27-3)18(29-5)16(9-11)28-4)23(20(22)25)12-6-7-14(26-2)13(21)10-12/h6-10,17H,21H2,1-5H3. The largest absolute Gasteiger partial charge is 0.495 e. The molecule has 2 N–H and O–H groups in total. The first kappa shape index (κ1) is 20.1. The van der Waals surface area contributed by atoms with Crippen LogP contribution >= 0.6 is 0 Å². The van der Waals surface area contributed by atoms with Gasteiger partial charge in [0.2, 0.25) is 5.75 Å². The number of ether oxygens (including phenoxy) is 4. The minimum absolute atomic E-state index is 0.350. The Morgan fingerprint density at radius 2 is 1.45 bits per heavy atom. The van der Waals surface area contributed by atoms with Gasteiger partial charge in [0, 0.05) is 12.7 Å². The van der Waals surface area contributed by atoms with Gasteiger partial charge in [0.25, 0.3) is 5.91 Å². The van der Waals surface area contributed by atoms with E-state index in [0.717, 1.165) is 4.90 Å². The molecule has 0 radical (unpaired) electrons. The lowest BCUT2D eigenvalue weighted by atomic mass is 10.0. The third-order valence-electron chi connectivity index (χ3n) is 4.81. The first-order chi connectivity index (χ1) is 13.9. The lowest BCUT2D eigenvalue weighted by Crippen LogP contribution is -2.30. The van der Waals surface area contributed by atoms with Crippen molar-refractivity contribution >= 4 is 23.3 Å². The smallest absolute Gasteiger partial charge is 0.332 e. The van der Waals surface area contributed by atoms with Gasteiger partial charge >= 0.3 is 6.03 Å². The maximum absolute atomic E-state index is 13.0. The molecule has 2 aromatic rings. The van der Waals surface area contributed by atoms with Crippen molar-refractivity contribution in [1.29, 1.82) is 0 Å². The zero-order valence-corrected chi connectivity index (χ0v) is 16.9. The predicted molar refractivity (Wildman–Crippen MR) is 107 cm³/mol. The van der Waals surface area contributed by atoms with E-state index in [9.17, 15) is 9.59 Å². The van der Waals surface area contributed by atoms with Crippen LogP contribution in [0.4, 0.5) is 16.2 Å². The van der Waals surface area contributed by atoms with E-state index < -0.39 is 18.0 Å². The van der Waals surface area contributed by atoms with Crippen molar-refractivity contribution in [1.82, 2.24) is 4.90 Å². The summed E-state index contributed by atoms with van der Waals surface area (Å²) in [5.41, 5.74) is 7.33. The van der Waals surface area contributed by atoms with Crippen LogP contribution in [0.5, 0.6) is 23.0 Å². The van der Waals surface area contributed by atoms with Crippen molar-refractivity contribution < 1.29 is 28.5 Å². The van der Waals surface area contributed by atoms with Gasteiger partial charge in [-0.05, 0) is 35.9 Å². The quantitative estimate of drug-likeness (QED) is 0.586. The lowest BCUT2D eigenvalue weighted by molar-refractivity contribution is -0.126. The summed E-state index contributed by atoms with van der Waals surface area (Å²) in [5, 5.41) is 0. The van der Waals surface area contributed by atoms with Crippen molar-refractivity contribution in [3.63, 3.8) is 0 Å². The number of urea groups is 1. The number of likely N-dealkylation sites (N-methyl/N-ethyl adjacent to an activating group) is 1. The van der Waals surface area contributed by atoms with Crippen LogP contribution in [-0.2, 0) is 4.79 Å². The fraction of sp³-hybridized carbons (Fsp3) is 0.300. The first-order valence-corrected chi connectivity index (χ1v) is 8.72. The Balaban J connectivity index is 2.16. The molecular formula is C20H23N3O6. The summed E-state index contributed by atoms with van der Waals surface area (Å²) in [6.45, 7) is 0. The van der Waals surface area contributed by atoms with Crippen molar-refractivity contribution in [3.05, 3.63) is 35.9 Å². The molecule has 0 bridgehead atoms. The van der Waals surface area contributed by atoms with Gasteiger partial charge in [-0.1, -0.05) is 0 Å². The monoisotopic (exact) mass is 401 g/mol. The third-order valence-corrected chi connectivity index (χ3v) is 4.81. The molecular weight excluding hydrogens is 378 g/mol. The van der Waals surface area contributed by atoms with Crippen molar-refractivity contribution in [2.45, 2.75) is 6.04 Å². The Kier molecular flexibility index (Phi) is 5.40. The maximum atomic E-state index is 13.0. The number of imide groups is 1. The first-order valence-electron chi connectivity index (χ1n) is 8.72. The molecule has 1 fully saturated rings. The van der Waals surface area contributed by atoms with Crippen LogP contribution in [0.15, 0.2) is 30.3 Å². The number of nitrogens with two attached hydrogens (primary N) is 1. The second-order valence-corrected chi connectivity index (χ2v) is 6.34. The van der Waals surface area contributed by atoms with Gasteiger partial charge in [-0.3, -0.25) is 14.6 Å². The summed E-state index contributed by atoms with van der Waals surface area (Å²) in [5.74, 6) is 1.24. The zero-order valence-electron chi connectivity index (χ0n) is 16.9. The van der Waals surface area contributed by atoms with Crippen LogP contribution in [-0.4, -0.2) is 52.3 Å². The summed E-state index contributed by atoms with van der Waals surface area (Å²) >= 11 is 0. The number of hydrogen-bond donors (Lipinski definition) is 1. The number of rotatable bonds is 6. The highest BCUT2D eigenvalue weighted by Gasteiger charge is 2.45. The molecule has 1 saturated heterocycles. The van der Waals surface area contributed by atoms with Crippen LogP contribution in [0, 0.1) is 0 Å². The molecule has 2 aromatic carbocycles. The normalized spacial score (nSPS) is 16.2. The van der Waals surface area contributed by atoms with Crippen LogP contribution < -0.4 is 29.6 Å². The Morgan fingerprint density at radius 3 is 1.93 bits per heavy atom. The minimum Gasteiger partial charge on any atom is -0.495 e. The zero-order chi connectivity index (χ0) is 21.3. The Morgan fingerprint density at radius 1 is 0.862 bits per heavy atom. The van der Waals surface area contributed by atoms with Gasteiger partial charge in [0.1, 0.15) is 11.8 Å². The molecule has 3 amide bonds. The number of nitrogens with zero attached hydrogens (tertiary/aromatic N) is 2. The Bertz CT molecular complexity index is 936. The number of carbonyl (C=O) groups excluding carboxylic acids is 2. The van der Waals surface area contributed by atoms with Crippen molar-refractivity contribution in [2.24, 2.45) is 0 Å². The van der Waals surface area contributed by atoms with Gasteiger partial charge in [-0.2, -0.15) is 0 Å². The van der Waals surface area contributed by atoms with Gasteiger partial charge in [-0.25, -0.2) is 4.79 Å². The number of methoxy groups -OCH3 is 4. The molecule has 154 valence electrons. The molecule has 0 aliphatic carbocycles. The maximum Gasteiger partial charge on any atom is 0.332 e. The Labute approximate surface area is 168 Å². The summed E-state index contributed by atoms with van der Waals surface area (Å²) in [7, 11) is 7.39. The number of anilines is 2.